The van der Waals surface area contributed by atoms with Gasteiger partial charge in [-0.05, 0) is 38.6 Å². The van der Waals surface area contributed by atoms with Crippen LogP contribution in [0.5, 0.6) is 5.75 Å². The van der Waals surface area contributed by atoms with E-state index < -0.39 is 0 Å². The van der Waals surface area contributed by atoms with E-state index in [4.69, 9.17) is 4.74 Å². The monoisotopic (exact) mass is 264 g/mol. The molecule has 0 unspecified atom stereocenters. The van der Waals surface area contributed by atoms with Crippen LogP contribution in [-0.4, -0.2) is 44.1 Å². The van der Waals surface area contributed by atoms with E-state index in [1.807, 2.05) is 12.1 Å². The van der Waals surface area contributed by atoms with Gasteiger partial charge in [0, 0.05) is 24.7 Å². The second-order valence-corrected chi connectivity index (χ2v) is 4.73. The lowest BCUT2D eigenvalue weighted by Crippen LogP contribution is -2.37. The van der Waals surface area contributed by atoms with Crippen molar-refractivity contribution in [2.45, 2.75) is 26.3 Å². The van der Waals surface area contributed by atoms with E-state index in [0.29, 0.717) is 23.9 Å². The second-order valence-electron chi connectivity index (χ2n) is 4.73. The summed E-state index contributed by atoms with van der Waals surface area (Å²) in [6.45, 7) is 5.85. The van der Waals surface area contributed by atoms with Gasteiger partial charge in [-0.1, -0.05) is 13.0 Å². The Balaban J connectivity index is 2.43. The molecule has 19 heavy (non-hydrogen) atoms. The molecule has 1 amide bonds. The molecule has 0 bridgehead atoms. The molecule has 1 rings (SSSR count). The van der Waals surface area contributed by atoms with Crippen molar-refractivity contribution < 1.29 is 9.53 Å². The van der Waals surface area contributed by atoms with Gasteiger partial charge in [-0.15, -0.1) is 0 Å². The van der Waals surface area contributed by atoms with E-state index in [-0.39, 0.29) is 5.91 Å². The van der Waals surface area contributed by atoms with E-state index in [1.54, 1.807) is 19.2 Å². The Kier molecular flexibility index (Phi) is 6.36. The largest absolute Gasteiger partial charge is 0.497 e. The van der Waals surface area contributed by atoms with Gasteiger partial charge in [-0.3, -0.25) is 4.79 Å². The highest BCUT2D eigenvalue weighted by Gasteiger charge is 2.08. The second kappa shape index (κ2) is 7.79. The number of amides is 1. The summed E-state index contributed by atoms with van der Waals surface area (Å²) in [5, 5.41) is 2.92. The molecule has 1 N–H and O–H groups in total. The quantitative estimate of drug-likeness (QED) is 0.820. The minimum atomic E-state index is -0.0588. The van der Waals surface area contributed by atoms with E-state index in [0.717, 1.165) is 13.0 Å². The van der Waals surface area contributed by atoms with Crippen LogP contribution in [-0.2, 0) is 0 Å². The van der Waals surface area contributed by atoms with Crippen LogP contribution in [0.1, 0.15) is 30.6 Å². The molecule has 106 valence electrons. The highest BCUT2D eigenvalue weighted by atomic mass is 16.5. The molecular weight excluding hydrogens is 240 g/mol. The minimum Gasteiger partial charge on any atom is -0.497 e. The standard InChI is InChI=1S/C15H24N2O2/c1-5-12(2)17(3)10-9-16-15(18)13-7-6-8-14(11-13)19-4/h6-8,11-12H,5,9-10H2,1-4H3,(H,16,18)/t12-/m0/s1. The van der Waals surface area contributed by atoms with Gasteiger partial charge in [0.15, 0.2) is 0 Å². The van der Waals surface area contributed by atoms with Gasteiger partial charge in [-0.25, -0.2) is 0 Å². The van der Waals surface area contributed by atoms with Gasteiger partial charge >= 0.3 is 0 Å². The molecule has 0 fully saturated rings. The lowest BCUT2D eigenvalue weighted by molar-refractivity contribution is 0.0947. The van der Waals surface area contributed by atoms with Crippen molar-refractivity contribution in [3.05, 3.63) is 29.8 Å². The summed E-state index contributed by atoms with van der Waals surface area (Å²) in [7, 11) is 3.67. The van der Waals surface area contributed by atoms with Crippen LogP contribution in [0.4, 0.5) is 0 Å². The Labute approximate surface area is 115 Å². The first-order valence-electron chi connectivity index (χ1n) is 6.71. The van der Waals surface area contributed by atoms with Crippen LogP contribution in [0.2, 0.25) is 0 Å². The first-order valence-corrected chi connectivity index (χ1v) is 6.71. The molecule has 0 aromatic heterocycles. The van der Waals surface area contributed by atoms with Crippen LogP contribution in [0, 0.1) is 0 Å². The van der Waals surface area contributed by atoms with Gasteiger partial charge in [0.2, 0.25) is 0 Å². The Morgan fingerprint density at radius 3 is 2.84 bits per heavy atom. The number of rotatable bonds is 7. The Morgan fingerprint density at radius 2 is 2.21 bits per heavy atom. The highest BCUT2D eigenvalue weighted by molar-refractivity contribution is 5.94. The van der Waals surface area contributed by atoms with Crippen LogP contribution in [0.15, 0.2) is 24.3 Å². The summed E-state index contributed by atoms with van der Waals surface area (Å²) in [5.74, 6) is 0.640. The number of nitrogens with one attached hydrogen (secondary N) is 1. The van der Waals surface area contributed by atoms with E-state index in [1.165, 1.54) is 0 Å². The first kappa shape index (κ1) is 15.5. The third-order valence-corrected chi connectivity index (χ3v) is 3.43. The Morgan fingerprint density at radius 1 is 1.47 bits per heavy atom. The molecule has 4 heteroatoms. The molecule has 1 atom stereocenters. The number of carbonyl (C=O) groups excluding carboxylic acids is 1. The zero-order valence-electron chi connectivity index (χ0n) is 12.3. The third kappa shape index (κ3) is 4.91. The fourth-order valence-corrected chi connectivity index (χ4v) is 1.74. The van der Waals surface area contributed by atoms with Crippen LogP contribution < -0.4 is 10.1 Å². The van der Waals surface area contributed by atoms with Crippen molar-refractivity contribution in [3.8, 4) is 5.75 Å². The molecule has 1 aromatic rings. The predicted molar refractivity (Wildman–Crippen MR) is 77.7 cm³/mol. The zero-order valence-corrected chi connectivity index (χ0v) is 12.3. The van der Waals surface area contributed by atoms with Gasteiger partial charge < -0.3 is 15.0 Å². The summed E-state index contributed by atoms with van der Waals surface area (Å²) in [5.41, 5.74) is 0.630. The minimum absolute atomic E-state index is 0.0588. The SMILES string of the molecule is CC[C@H](C)N(C)CCNC(=O)c1cccc(OC)c1. The van der Waals surface area contributed by atoms with Gasteiger partial charge in [0.05, 0.1) is 7.11 Å². The van der Waals surface area contributed by atoms with Crippen molar-refractivity contribution in [2.24, 2.45) is 0 Å². The summed E-state index contributed by atoms with van der Waals surface area (Å²) >= 11 is 0. The van der Waals surface area contributed by atoms with Crippen molar-refractivity contribution in [1.82, 2.24) is 10.2 Å². The lowest BCUT2D eigenvalue weighted by Gasteiger charge is -2.23. The summed E-state index contributed by atoms with van der Waals surface area (Å²) < 4.78 is 5.11. The maximum Gasteiger partial charge on any atom is 0.251 e. The number of nitrogens with zero attached hydrogens (tertiary/aromatic N) is 1. The smallest absolute Gasteiger partial charge is 0.251 e. The molecule has 0 aliphatic rings. The molecule has 1 aromatic carbocycles. The number of ether oxygens (including phenoxy) is 1. The fraction of sp³-hybridized carbons (Fsp3) is 0.533. The van der Waals surface area contributed by atoms with Gasteiger partial charge in [0.25, 0.3) is 5.91 Å². The van der Waals surface area contributed by atoms with Gasteiger partial charge in [0.1, 0.15) is 5.75 Å². The highest BCUT2D eigenvalue weighted by Crippen LogP contribution is 2.12. The number of hydrogen-bond acceptors (Lipinski definition) is 3. The number of likely N-dealkylation sites (N-methyl/N-ethyl adjacent to an activating group) is 1. The lowest BCUT2D eigenvalue weighted by atomic mass is 10.2. The maximum absolute atomic E-state index is 11.9. The number of hydrogen-bond donors (Lipinski definition) is 1. The van der Waals surface area contributed by atoms with Crippen LogP contribution in [0.25, 0.3) is 0 Å². The van der Waals surface area contributed by atoms with Crippen molar-refractivity contribution in [1.29, 1.82) is 0 Å². The van der Waals surface area contributed by atoms with E-state index in [2.05, 4.69) is 31.1 Å². The van der Waals surface area contributed by atoms with E-state index in [9.17, 15) is 4.79 Å². The molecule has 0 aliphatic carbocycles. The normalized spacial score (nSPS) is 12.3. The maximum atomic E-state index is 11.9. The molecule has 4 nitrogen and oxygen atoms in total. The van der Waals surface area contributed by atoms with Crippen molar-refractivity contribution in [2.75, 3.05) is 27.2 Å². The van der Waals surface area contributed by atoms with Crippen molar-refractivity contribution in [3.63, 3.8) is 0 Å². The molecule has 0 spiro atoms. The Hall–Kier alpha value is -1.55. The molecule has 0 radical (unpaired) electrons. The predicted octanol–water partition coefficient (Wildman–Crippen LogP) is 2.16. The van der Waals surface area contributed by atoms with Crippen molar-refractivity contribution >= 4 is 5.91 Å². The molecule has 0 saturated heterocycles. The summed E-state index contributed by atoms with van der Waals surface area (Å²) in [6.07, 6.45) is 1.11. The van der Waals surface area contributed by atoms with Crippen LogP contribution in [0.3, 0.4) is 0 Å². The van der Waals surface area contributed by atoms with Gasteiger partial charge in [-0.2, -0.15) is 0 Å². The number of carbonyl (C=O) groups is 1. The summed E-state index contributed by atoms with van der Waals surface area (Å²) in [6, 6.07) is 7.71. The number of benzene rings is 1. The average Bonchev–Trinajstić information content (AvgIpc) is 2.46. The fourth-order valence-electron chi connectivity index (χ4n) is 1.74. The zero-order chi connectivity index (χ0) is 14.3. The third-order valence-electron chi connectivity index (χ3n) is 3.43. The Bertz CT molecular complexity index is 407. The average molecular weight is 264 g/mol. The first-order chi connectivity index (χ1) is 9.08. The van der Waals surface area contributed by atoms with E-state index >= 15 is 0 Å². The summed E-state index contributed by atoms with van der Waals surface area (Å²) in [4.78, 5) is 14.2. The van der Waals surface area contributed by atoms with Crippen LogP contribution >= 0.6 is 0 Å². The number of methoxy groups -OCH3 is 1. The molecule has 0 saturated carbocycles. The molecule has 0 aliphatic heterocycles. The topological polar surface area (TPSA) is 41.6 Å². The molecular formula is C15H24N2O2. The molecule has 0 heterocycles.